The summed E-state index contributed by atoms with van der Waals surface area (Å²) in [6, 6.07) is 6.81. The fourth-order valence-electron chi connectivity index (χ4n) is 1.88. The summed E-state index contributed by atoms with van der Waals surface area (Å²) in [5.41, 5.74) is -0.307. The van der Waals surface area contributed by atoms with E-state index in [1.165, 1.54) is 18.2 Å². The van der Waals surface area contributed by atoms with Gasteiger partial charge >= 0.3 is 11.4 Å². The third-order valence-corrected chi connectivity index (χ3v) is 5.36. The molecule has 2 aromatic rings. The van der Waals surface area contributed by atoms with Gasteiger partial charge in [-0.25, -0.2) is 0 Å². The van der Waals surface area contributed by atoms with Crippen LogP contribution in [0.2, 0.25) is 0 Å². The number of nitro groups is 1. The summed E-state index contributed by atoms with van der Waals surface area (Å²) in [5.74, 6) is -0.744. The maximum absolute atomic E-state index is 13.2. The molecule has 0 radical (unpaired) electrons. The molecule has 0 heterocycles. The number of benzene rings is 2. The van der Waals surface area contributed by atoms with Crippen LogP contribution >= 0.6 is 43.6 Å². The molecule has 2 rings (SSSR count). The van der Waals surface area contributed by atoms with Crippen LogP contribution < -0.4 is 5.32 Å². The van der Waals surface area contributed by atoms with Gasteiger partial charge in [0.1, 0.15) is 0 Å². The molecule has 0 aliphatic heterocycles. The second-order valence-corrected chi connectivity index (χ2v) is 8.04. The average Bonchev–Trinajstić information content (AvgIpc) is 2.56. The smallest absolute Gasteiger partial charge is 0.320 e. The molecule has 0 aliphatic carbocycles. The fourth-order valence-corrected chi connectivity index (χ4v) is 4.33. The first kappa shape index (κ1) is 22.6. The van der Waals surface area contributed by atoms with E-state index in [1.807, 2.05) is 0 Å². The number of rotatable bonds is 5. The largest absolute Gasteiger partial charge is 0.464 e. The fraction of sp³-hybridized carbons (Fsp3) is 0.133. The number of hydrogen-bond donors (Lipinski definition) is 1. The van der Waals surface area contributed by atoms with Gasteiger partial charge in [0.05, 0.1) is 10.6 Å². The molecule has 1 amide bonds. The summed E-state index contributed by atoms with van der Waals surface area (Å²) < 4.78 is 63.5. The lowest BCUT2D eigenvalue weighted by atomic mass is 10.2. The molecule has 0 aromatic heterocycles. The molecule has 28 heavy (non-hydrogen) atoms. The van der Waals surface area contributed by atoms with Crippen molar-refractivity contribution in [3.8, 4) is 0 Å². The average molecular weight is 550 g/mol. The molecular weight excluding hydrogens is 543 g/mol. The van der Waals surface area contributed by atoms with E-state index < -0.39 is 38.9 Å². The number of carbonyl (C=O) groups excluding carboxylic acids is 1. The molecule has 13 heteroatoms. The van der Waals surface area contributed by atoms with Crippen molar-refractivity contribution in [1.82, 2.24) is 0 Å². The van der Waals surface area contributed by atoms with E-state index in [-0.39, 0.29) is 25.9 Å². The van der Waals surface area contributed by atoms with Crippen molar-refractivity contribution in [3.63, 3.8) is 0 Å². The number of anilines is 1. The van der Waals surface area contributed by atoms with Crippen molar-refractivity contribution in [2.45, 2.75) is 16.3 Å². The van der Waals surface area contributed by atoms with Gasteiger partial charge in [-0.3, -0.25) is 14.9 Å². The first-order valence-corrected chi connectivity index (χ1v) is 9.40. The number of amides is 1. The van der Waals surface area contributed by atoms with Crippen molar-refractivity contribution in [1.29, 1.82) is 0 Å². The SMILES string of the molecule is O=C(Nc1c(Br)cc(SC(F)(F)C(F)(F)F)cc1Br)c1cccc([N+](=O)[O-])c1. The minimum absolute atomic E-state index is 0.0288. The van der Waals surface area contributed by atoms with E-state index >= 15 is 0 Å². The maximum atomic E-state index is 13.2. The molecule has 1 N–H and O–H groups in total. The predicted molar refractivity (Wildman–Crippen MR) is 99.8 cm³/mol. The molecule has 0 spiro atoms. The lowest BCUT2D eigenvalue weighted by molar-refractivity contribution is -0.384. The Labute approximate surface area is 175 Å². The van der Waals surface area contributed by atoms with Gasteiger partial charge in [0.2, 0.25) is 0 Å². The van der Waals surface area contributed by atoms with Crippen molar-refractivity contribution < 1.29 is 31.7 Å². The van der Waals surface area contributed by atoms with Gasteiger partial charge in [0.15, 0.2) is 0 Å². The summed E-state index contributed by atoms with van der Waals surface area (Å²) >= 11 is 5.31. The number of halogens is 7. The van der Waals surface area contributed by atoms with Crippen LogP contribution in [0.15, 0.2) is 50.2 Å². The number of hydrogen-bond acceptors (Lipinski definition) is 4. The highest BCUT2D eigenvalue weighted by Gasteiger charge is 2.58. The topological polar surface area (TPSA) is 72.2 Å². The quantitative estimate of drug-likeness (QED) is 0.197. The minimum Gasteiger partial charge on any atom is -0.320 e. The van der Waals surface area contributed by atoms with Crippen molar-refractivity contribution in [2.75, 3.05) is 5.32 Å². The molecule has 0 atom stereocenters. The van der Waals surface area contributed by atoms with Crippen molar-refractivity contribution in [3.05, 3.63) is 61.0 Å². The van der Waals surface area contributed by atoms with Gasteiger partial charge in [-0.15, -0.1) is 0 Å². The molecule has 150 valence electrons. The van der Waals surface area contributed by atoms with Crippen LogP contribution in [0.1, 0.15) is 10.4 Å². The standard InChI is InChI=1S/C15H7Br2F5N2O3S/c16-10-5-9(28-15(21,22)14(18,19)20)6-11(17)12(10)23-13(25)7-2-1-3-8(4-7)24(26)27/h1-6H,(H,23,25). The Bertz CT molecular complexity index is 917. The van der Waals surface area contributed by atoms with E-state index in [2.05, 4.69) is 37.2 Å². The highest BCUT2D eigenvalue weighted by Crippen LogP contribution is 2.49. The van der Waals surface area contributed by atoms with E-state index in [9.17, 15) is 36.9 Å². The van der Waals surface area contributed by atoms with Gasteiger partial charge in [-0.2, -0.15) is 22.0 Å². The van der Waals surface area contributed by atoms with Crippen LogP contribution in [0.5, 0.6) is 0 Å². The highest BCUT2D eigenvalue weighted by atomic mass is 79.9. The second-order valence-electron chi connectivity index (χ2n) is 5.14. The zero-order valence-electron chi connectivity index (χ0n) is 13.2. The van der Waals surface area contributed by atoms with Crippen LogP contribution in [0.25, 0.3) is 0 Å². The number of alkyl halides is 5. The van der Waals surface area contributed by atoms with Gasteiger partial charge < -0.3 is 5.32 Å². The predicted octanol–water partition coefficient (Wildman–Crippen LogP) is 6.62. The Morgan fingerprint density at radius 2 is 1.64 bits per heavy atom. The third-order valence-electron chi connectivity index (χ3n) is 3.15. The normalized spacial score (nSPS) is 12.0. The number of nitro benzene ring substituents is 1. The highest BCUT2D eigenvalue weighted by molar-refractivity contribution is 9.11. The number of non-ortho nitro benzene ring substituents is 1. The molecule has 5 nitrogen and oxygen atoms in total. The monoisotopic (exact) mass is 548 g/mol. The van der Waals surface area contributed by atoms with Crippen LogP contribution in [0.4, 0.5) is 33.3 Å². The van der Waals surface area contributed by atoms with Gasteiger partial charge in [-0.1, -0.05) is 6.07 Å². The Balaban J connectivity index is 2.27. The molecular formula is C15H7Br2F5N2O3S. The van der Waals surface area contributed by atoms with Crippen LogP contribution in [0, 0.1) is 10.1 Å². The lowest BCUT2D eigenvalue weighted by Gasteiger charge is -2.19. The minimum atomic E-state index is -5.73. The molecule has 0 saturated heterocycles. The van der Waals surface area contributed by atoms with Crippen LogP contribution in [0.3, 0.4) is 0 Å². The van der Waals surface area contributed by atoms with E-state index in [0.717, 1.165) is 18.2 Å². The molecule has 0 saturated carbocycles. The molecule has 2 aromatic carbocycles. The Hall–Kier alpha value is -1.73. The summed E-state index contributed by atoms with van der Waals surface area (Å²) in [6.07, 6.45) is -5.73. The van der Waals surface area contributed by atoms with Crippen LogP contribution in [-0.2, 0) is 0 Å². The van der Waals surface area contributed by atoms with E-state index in [1.54, 1.807) is 0 Å². The zero-order chi connectivity index (χ0) is 21.3. The van der Waals surface area contributed by atoms with Crippen molar-refractivity contribution >= 4 is 60.9 Å². The summed E-state index contributed by atoms with van der Waals surface area (Å²) in [4.78, 5) is 22.0. The zero-order valence-corrected chi connectivity index (χ0v) is 17.2. The van der Waals surface area contributed by atoms with E-state index in [0.29, 0.717) is 0 Å². The van der Waals surface area contributed by atoms with Gasteiger partial charge in [0, 0.05) is 31.5 Å². The molecule has 0 fully saturated rings. The van der Waals surface area contributed by atoms with Gasteiger partial charge in [-0.05, 0) is 61.8 Å². The summed E-state index contributed by atoms with van der Waals surface area (Å²) in [5, 5.41) is 8.19. The number of thioether (sulfide) groups is 1. The first-order chi connectivity index (χ1) is 12.8. The number of nitrogens with one attached hydrogen (secondary N) is 1. The Morgan fingerprint density at radius 3 is 2.14 bits per heavy atom. The van der Waals surface area contributed by atoms with E-state index in [4.69, 9.17) is 0 Å². The molecule has 0 bridgehead atoms. The maximum Gasteiger partial charge on any atom is 0.464 e. The number of carbonyl (C=O) groups is 1. The molecule has 0 aliphatic rings. The van der Waals surface area contributed by atoms with Crippen LogP contribution in [-0.4, -0.2) is 22.3 Å². The second kappa shape index (κ2) is 8.33. The number of nitrogens with zero attached hydrogens (tertiary/aromatic N) is 1. The lowest BCUT2D eigenvalue weighted by Crippen LogP contribution is -2.32. The third kappa shape index (κ3) is 5.20. The van der Waals surface area contributed by atoms with Crippen molar-refractivity contribution in [2.24, 2.45) is 0 Å². The first-order valence-electron chi connectivity index (χ1n) is 7.00. The molecule has 0 unspecified atom stereocenters. The Morgan fingerprint density at radius 1 is 1.07 bits per heavy atom. The summed E-state index contributed by atoms with van der Waals surface area (Å²) in [6.45, 7) is 0. The van der Waals surface area contributed by atoms with Gasteiger partial charge in [0.25, 0.3) is 11.6 Å². The summed E-state index contributed by atoms with van der Waals surface area (Å²) in [7, 11) is 0. The Kier molecular flexibility index (Phi) is 6.71.